The Labute approximate surface area is 89.6 Å². The van der Waals surface area contributed by atoms with Gasteiger partial charge in [0.15, 0.2) is 0 Å². The van der Waals surface area contributed by atoms with E-state index in [4.69, 9.17) is 0 Å². The molecule has 0 aliphatic rings. The minimum Gasteiger partial charge on any atom is -0.381 e. The van der Waals surface area contributed by atoms with E-state index in [0.29, 0.717) is 6.54 Å². The summed E-state index contributed by atoms with van der Waals surface area (Å²) in [6.07, 6.45) is 1.68. The average Bonchev–Trinajstić information content (AvgIpc) is 2.16. The molecule has 1 aromatic heterocycles. The quantitative estimate of drug-likeness (QED) is 0.799. The van der Waals surface area contributed by atoms with E-state index in [-0.39, 0.29) is 5.91 Å². The molecule has 15 heavy (non-hydrogen) atoms. The largest absolute Gasteiger partial charge is 0.381 e. The first-order valence-corrected chi connectivity index (χ1v) is 4.79. The third kappa shape index (κ3) is 3.32. The van der Waals surface area contributed by atoms with Crippen LogP contribution in [-0.2, 0) is 11.3 Å². The summed E-state index contributed by atoms with van der Waals surface area (Å²) in [6, 6.07) is 5.53. The number of aliphatic hydroxyl groups is 1. The third-order valence-electron chi connectivity index (χ3n) is 2.00. The Morgan fingerprint density at radius 3 is 2.67 bits per heavy atom. The van der Waals surface area contributed by atoms with E-state index in [9.17, 15) is 9.90 Å². The number of rotatable bonds is 3. The Morgan fingerprint density at radius 1 is 1.53 bits per heavy atom. The molecule has 1 amide bonds. The van der Waals surface area contributed by atoms with Gasteiger partial charge in [0.25, 0.3) is 5.91 Å². The molecule has 0 spiro atoms. The van der Waals surface area contributed by atoms with Crippen LogP contribution >= 0.6 is 0 Å². The van der Waals surface area contributed by atoms with Crippen LogP contribution in [0, 0.1) is 0 Å². The summed E-state index contributed by atoms with van der Waals surface area (Å²) in [6.45, 7) is 3.36. The molecule has 1 rings (SSSR count). The lowest BCUT2D eigenvalue weighted by atomic mass is 10.1. The van der Waals surface area contributed by atoms with Crippen LogP contribution in [0.2, 0.25) is 0 Å². The number of amides is 1. The van der Waals surface area contributed by atoms with Crippen molar-refractivity contribution < 1.29 is 9.90 Å². The van der Waals surface area contributed by atoms with E-state index in [0.717, 1.165) is 5.69 Å². The fourth-order valence-corrected chi connectivity index (χ4v) is 1.27. The zero-order valence-corrected chi connectivity index (χ0v) is 9.27. The Bertz CT molecular complexity index is 330. The summed E-state index contributed by atoms with van der Waals surface area (Å²) < 4.78 is 0. The van der Waals surface area contributed by atoms with Gasteiger partial charge in [-0.1, -0.05) is 6.07 Å². The number of carbonyl (C=O) groups excluding carboxylic acids is 1. The molecular formula is C11H16N2O2. The number of carbonyl (C=O) groups is 1. The molecule has 82 valence electrons. The number of hydrogen-bond acceptors (Lipinski definition) is 3. The maximum Gasteiger partial charge on any atom is 0.254 e. The van der Waals surface area contributed by atoms with Crippen LogP contribution in [0.1, 0.15) is 19.5 Å². The highest BCUT2D eigenvalue weighted by Gasteiger charge is 2.27. The smallest absolute Gasteiger partial charge is 0.254 e. The molecule has 1 N–H and O–H groups in total. The van der Waals surface area contributed by atoms with Crippen molar-refractivity contribution in [3.8, 4) is 0 Å². The minimum atomic E-state index is -1.33. The van der Waals surface area contributed by atoms with Crippen LogP contribution in [0.15, 0.2) is 24.4 Å². The predicted octanol–water partition coefficient (Wildman–Crippen LogP) is 0.811. The lowest BCUT2D eigenvalue weighted by Crippen LogP contribution is -2.42. The van der Waals surface area contributed by atoms with Crippen molar-refractivity contribution in [3.63, 3.8) is 0 Å². The minimum absolute atomic E-state index is 0.312. The average molecular weight is 208 g/mol. The van der Waals surface area contributed by atoms with Gasteiger partial charge < -0.3 is 10.0 Å². The first-order chi connectivity index (χ1) is 6.91. The molecule has 0 aliphatic carbocycles. The Morgan fingerprint density at radius 2 is 2.20 bits per heavy atom. The van der Waals surface area contributed by atoms with Crippen molar-refractivity contribution in [1.29, 1.82) is 0 Å². The van der Waals surface area contributed by atoms with Crippen LogP contribution in [0.4, 0.5) is 0 Å². The highest BCUT2D eigenvalue weighted by molar-refractivity contribution is 5.83. The molecule has 0 bridgehead atoms. The van der Waals surface area contributed by atoms with Gasteiger partial charge in [0.1, 0.15) is 5.60 Å². The van der Waals surface area contributed by atoms with Gasteiger partial charge >= 0.3 is 0 Å². The van der Waals surface area contributed by atoms with Gasteiger partial charge in [-0.2, -0.15) is 0 Å². The number of pyridine rings is 1. The zero-order chi connectivity index (χ0) is 11.5. The summed E-state index contributed by atoms with van der Waals surface area (Å²) in [5.41, 5.74) is -0.526. The summed E-state index contributed by atoms with van der Waals surface area (Å²) in [5, 5.41) is 9.52. The Balaban J connectivity index is 2.65. The normalized spacial score (nSPS) is 11.2. The van der Waals surface area contributed by atoms with E-state index in [1.807, 2.05) is 18.2 Å². The van der Waals surface area contributed by atoms with Crippen molar-refractivity contribution in [2.24, 2.45) is 0 Å². The van der Waals surface area contributed by atoms with Crippen LogP contribution in [0.25, 0.3) is 0 Å². The molecule has 0 unspecified atom stereocenters. The molecule has 4 heteroatoms. The maximum absolute atomic E-state index is 11.6. The van der Waals surface area contributed by atoms with Crippen LogP contribution in [0.5, 0.6) is 0 Å². The molecular weight excluding hydrogens is 192 g/mol. The van der Waals surface area contributed by atoms with Crippen molar-refractivity contribution in [2.45, 2.75) is 26.0 Å². The highest BCUT2D eigenvalue weighted by atomic mass is 16.3. The Kier molecular flexibility index (Phi) is 3.42. The molecule has 0 radical (unpaired) electrons. The molecule has 0 saturated heterocycles. The van der Waals surface area contributed by atoms with E-state index >= 15 is 0 Å². The monoisotopic (exact) mass is 208 g/mol. The predicted molar refractivity (Wildman–Crippen MR) is 57.0 cm³/mol. The van der Waals surface area contributed by atoms with Crippen molar-refractivity contribution in [1.82, 2.24) is 9.88 Å². The van der Waals surface area contributed by atoms with Crippen molar-refractivity contribution in [3.05, 3.63) is 30.1 Å². The number of aromatic nitrogens is 1. The first-order valence-electron chi connectivity index (χ1n) is 4.79. The first kappa shape index (κ1) is 11.7. The number of hydrogen-bond donors (Lipinski definition) is 1. The van der Waals surface area contributed by atoms with Gasteiger partial charge in [0.05, 0.1) is 12.2 Å². The van der Waals surface area contributed by atoms with Gasteiger partial charge in [0.2, 0.25) is 0 Å². The second-order valence-corrected chi connectivity index (χ2v) is 4.04. The zero-order valence-electron chi connectivity index (χ0n) is 9.27. The van der Waals surface area contributed by atoms with Gasteiger partial charge in [-0.15, -0.1) is 0 Å². The molecule has 0 saturated carbocycles. The van der Waals surface area contributed by atoms with E-state index in [1.165, 1.54) is 18.7 Å². The van der Waals surface area contributed by atoms with Crippen molar-refractivity contribution in [2.75, 3.05) is 7.05 Å². The molecule has 4 nitrogen and oxygen atoms in total. The molecule has 0 aromatic carbocycles. The van der Waals surface area contributed by atoms with Gasteiger partial charge in [-0.3, -0.25) is 9.78 Å². The molecule has 1 heterocycles. The molecule has 0 atom stereocenters. The topological polar surface area (TPSA) is 53.4 Å². The third-order valence-corrected chi connectivity index (χ3v) is 2.00. The summed E-state index contributed by atoms with van der Waals surface area (Å²) in [5.74, 6) is -0.312. The van der Waals surface area contributed by atoms with Gasteiger partial charge in [-0.05, 0) is 26.0 Å². The fraction of sp³-hybridized carbons (Fsp3) is 0.455. The van der Waals surface area contributed by atoms with E-state index in [2.05, 4.69) is 4.98 Å². The molecule has 0 aliphatic heterocycles. The highest BCUT2D eigenvalue weighted by Crippen LogP contribution is 2.08. The maximum atomic E-state index is 11.6. The summed E-state index contributed by atoms with van der Waals surface area (Å²) in [7, 11) is 1.65. The van der Waals surface area contributed by atoms with Crippen LogP contribution in [0.3, 0.4) is 0 Å². The SMILES string of the molecule is CN(Cc1ccccn1)C(=O)C(C)(C)O. The van der Waals surface area contributed by atoms with Gasteiger partial charge in [0, 0.05) is 13.2 Å². The number of nitrogens with zero attached hydrogens (tertiary/aromatic N) is 2. The standard InChI is InChI=1S/C11H16N2O2/c1-11(2,15)10(14)13(3)8-9-6-4-5-7-12-9/h4-7,15H,8H2,1-3H3. The lowest BCUT2D eigenvalue weighted by Gasteiger charge is -2.24. The lowest BCUT2D eigenvalue weighted by molar-refractivity contribution is -0.147. The van der Waals surface area contributed by atoms with Gasteiger partial charge in [-0.25, -0.2) is 0 Å². The second kappa shape index (κ2) is 4.40. The van der Waals surface area contributed by atoms with Crippen LogP contribution < -0.4 is 0 Å². The molecule has 0 fully saturated rings. The summed E-state index contributed by atoms with van der Waals surface area (Å²) >= 11 is 0. The van der Waals surface area contributed by atoms with E-state index in [1.54, 1.807) is 13.2 Å². The molecule has 1 aromatic rings. The fourth-order valence-electron chi connectivity index (χ4n) is 1.27. The summed E-state index contributed by atoms with van der Waals surface area (Å²) in [4.78, 5) is 17.2. The second-order valence-electron chi connectivity index (χ2n) is 4.04. The van der Waals surface area contributed by atoms with E-state index < -0.39 is 5.60 Å². The number of likely N-dealkylation sites (N-methyl/N-ethyl adjacent to an activating group) is 1. The van der Waals surface area contributed by atoms with Crippen molar-refractivity contribution >= 4 is 5.91 Å². The Hall–Kier alpha value is -1.42. The van der Waals surface area contributed by atoms with Crippen LogP contribution in [-0.4, -0.2) is 33.5 Å².